The molecular weight excluding hydrogens is 324 g/mol. The summed E-state index contributed by atoms with van der Waals surface area (Å²) in [6.07, 6.45) is 0. The first-order chi connectivity index (χ1) is 11.4. The lowest BCUT2D eigenvalue weighted by atomic mass is 10.0. The molecule has 0 bridgehead atoms. The molecule has 0 fully saturated rings. The predicted molar refractivity (Wildman–Crippen MR) is 93.9 cm³/mol. The van der Waals surface area contributed by atoms with Gasteiger partial charge in [0.25, 0.3) is 5.91 Å². The van der Waals surface area contributed by atoms with Crippen LogP contribution in [0.2, 0.25) is 0 Å². The van der Waals surface area contributed by atoms with Gasteiger partial charge in [0, 0.05) is 11.1 Å². The molecule has 0 aliphatic carbocycles. The number of rotatable bonds is 6. The molecule has 1 aromatic carbocycles. The van der Waals surface area contributed by atoms with Crippen LogP contribution in [0.4, 0.5) is 0 Å². The second-order valence-electron chi connectivity index (χ2n) is 7.06. The molecule has 2 amide bonds. The quantitative estimate of drug-likeness (QED) is 0.726. The number of aryl methyl sites for hydroxylation is 2. The van der Waals surface area contributed by atoms with Crippen molar-refractivity contribution in [3.8, 4) is 5.75 Å². The minimum atomic E-state index is -1.07. The Balaban J connectivity index is 2.85. The van der Waals surface area contributed by atoms with E-state index in [1.807, 2.05) is 20.8 Å². The average Bonchev–Trinajstić information content (AvgIpc) is 2.43. The summed E-state index contributed by atoms with van der Waals surface area (Å²) in [5.74, 6) is -1.28. The smallest absolute Gasteiger partial charge is 0.341 e. The fourth-order valence-corrected chi connectivity index (χ4v) is 2.27. The van der Waals surface area contributed by atoms with Crippen LogP contribution in [-0.4, -0.2) is 41.1 Å². The summed E-state index contributed by atoms with van der Waals surface area (Å²) in [5, 5.41) is 14.2. The topological polar surface area (TPSA) is 105 Å². The molecule has 0 aliphatic rings. The van der Waals surface area contributed by atoms with Gasteiger partial charge in [0.05, 0.1) is 0 Å². The van der Waals surface area contributed by atoms with Crippen molar-refractivity contribution in [2.75, 3.05) is 6.61 Å². The lowest BCUT2D eigenvalue weighted by Gasteiger charge is -2.23. The van der Waals surface area contributed by atoms with Gasteiger partial charge in [-0.1, -0.05) is 0 Å². The van der Waals surface area contributed by atoms with E-state index in [2.05, 4.69) is 10.6 Å². The van der Waals surface area contributed by atoms with E-state index >= 15 is 0 Å². The summed E-state index contributed by atoms with van der Waals surface area (Å²) < 4.78 is 5.24. The minimum Gasteiger partial charge on any atom is -0.481 e. The normalized spacial score (nSPS) is 12.2. The summed E-state index contributed by atoms with van der Waals surface area (Å²) in [4.78, 5) is 35.1. The summed E-state index contributed by atoms with van der Waals surface area (Å²) >= 11 is 0. The number of carbonyl (C=O) groups excluding carboxylic acids is 2. The number of amides is 2. The summed E-state index contributed by atoms with van der Waals surface area (Å²) in [6.45, 7) is 10.2. The molecule has 7 heteroatoms. The zero-order valence-corrected chi connectivity index (χ0v) is 15.5. The Kier molecular flexibility index (Phi) is 6.55. The third kappa shape index (κ3) is 6.45. The monoisotopic (exact) mass is 350 g/mol. The minimum absolute atomic E-state index is 0.268. The van der Waals surface area contributed by atoms with E-state index in [1.165, 1.54) is 0 Å². The highest BCUT2D eigenvalue weighted by Crippen LogP contribution is 2.25. The zero-order chi connectivity index (χ0) is 19.4. The molecule has 0 saturated carbocycles. The summed E-state index contributed by atoms with van der Waals surface area (Å²) in [7, 11) is 0. The third-order valence-corrected chi connectivity index (χ3v) is 3.30. The lowest BCUT2D eigenvalue weighted by molar-refractivity contribution is -0.139. The molecule has 25 heavy (non-hydrogen) atoms. The number of carboxylic acids is 1. The number of carboxylic acid groups (broad SMARTS) is 1. The van der Waals surface area contributed by atoms with Crippen molar-refractivity contribution in [3.05, 3.63) is 28.8 Å². The highest BCUT2D eigenvalue weighted by Gasteiger charge is 2.21. The van der Waals surface area contributed by atoms with Crippen LogP contribution in [0.1, 0.15) is 49.2 Å². The molecule has 0 aliphatic heterocycles. The number of benzene rings is 1. The van der Waals surface area contributed by atoms with Gasteiger partial charge in [-0.2, -0.15) is 0 Å². The first-order valence-corrected chi connectivity index (χ1v) is 7.99. The molecule has 138 valence electrons. The second kappa shape index (κ2) is 8.00. The van der Waals surface area contributed by atoms with Gasteiger partial charge in [0.15, 0.2) is 6.61 Å². The Bertz CT molecular complexity index is 654. The molecule has 0 aromatic heterocycles. The van der Waals surface area contributed by atoms with Crippen molar-refractivity contribution in [2.45, 2.75) is 53.1 Å². The van der Waals surface area contributed by atoms with Crippen molar-refractivity contribution in [3.63, 3.8) is 0 Å². The molecule has 1 atom stereocenters. The van der Waals surface area contributed by atoms with Gasteiger partial charge in [-0.3, -0.25) is 9.59 Å². The van der Waals surface area contributed by atoms with E-state index in [-0.39, 0.29) is 17.4 Å². The lowest BCUT2D eigenvalue weighted by Crippen LogP contribution is -2.50. The van der Waals surface area contributed by atoms with Crippen LogP contribution >= 0.6 is 0 Å². The Morgan fingerprint density at radius 2 is 1.68 bits per heavy atom. The molecule has 1 aromatic rings. The summed E-state index contributed by atoms with van der Waals surface area (Å²) in [5.41, 5.74) is 1.30. The molecule has 3 N–H and O–H groups in total. The summed E-state index contributed by atoms with van der Waals surface area (Å²) in [6, 6.07) is 2.53. The van der Waals surface area contributed by atoms with Crippen molar-refractivity contribution < 1.29 is 24.2 Å². The van der Waals surface area contributed by atoms with Gasteiger partial charge >= 0.3 is 5.97 Å². The van der Waals surface area contributed by atoms with Gasteiger partial charge in [-0.15, -0.1) is 0 Å². The predicted octanol–water partition coefficient (Wildman–Crippen LogP) is 1.80. The molecule has 0 spiro atoms. The number of aliphatic carboxylic acids is 1. The van der Waals surface area contributed by atoms with E-state index < -0.39 is 18.6 Å². The molecular formula is C18H26N2O5. The van der Waals surface area contributed by atoms with Crippen LogP contribution in [0.3, 0.4) is 0 Å². The van der Waals surface area contributed by atoms with Gasteiger partial charge in [0.2, 0.25) is 5.91 Å². The van der Waals surface area contributed by atoms with Crippen LogP contribution in [0, 0.1) is 13.8 Å². The van der Waals surface area contributed by atoms with Crippen molar-refractivity contribution in [1.82, 2.24) is 10.6 Å². The first-order valence-electron chi connectivity index (χ1n) is 7.99. The third-order valence-electron chi connectivity index (χ3n) is 3.30. The number of ether oxygens (including phenoxy) is 1. The maximum absolute atomic E-state index is 12.4. The maximum atomic E-state index is 12.4. The first kappa shape index (κ1) is 20.5. The van der Waals surface area contributed by atoms with E-state index in [0.29, 0.717) is 22.4 Å². The van der Waals surface area contributed by atoms with Gasteiger partial charge < -0.3 is 20.5 Å². The van der Waals surface area contributed by atoms with Crippen LogP contribution in [-0.2, 0) is 9.59 Å². The highest BCUT2D eigenvalue weighted by molar-refractivity contribution is 5.98. The van der Waals surface area contributed by atoms with E-state index in [4.69, 9.17) is 9.84 Å². The molecule has 1 unspecified atom stereocenters. The molecule has 0 radical (unpaired) electrons. The zero-order valence-electron chi connectivity index (χ0n) is 15.5. The number of nitrogens with one attached hydrogen (secondary N) is 2. The fourth-order valence-electron chi connectivity index (χ4n) is 2.27. The number of hydrogen-bond acceptors (Lipinski definition) is 4. The van der Waals surface area contributed by atoms with Gasteiger partial charge in [0.1, 0.15) is 11.8 Å². The Hall–Kier alpha value is -2.57. The van der Waals surface area contributed by atoms with Gasteiger partial charge in [-0.05, 0) is 64.8 Å². The van der Waals surface area contributed by atoms with Crippen LogP contribution in [0.15, 0.2) is 12.1 Å². The van der Waals surface area contributed by atoms with Crippen molar-refractivity contribution >= 4 is 17.8 Å². The SMILES string of the molecule is Cc1cc(C(=O)NC(C)C(=O)NC(C)(C)C)cc(C)c1OCC(=O)O. The molecule has 0 heterocycles. The Labute approximate surface area is 147 Å². The average molecular weight is 350 g/mol. The van der Waals surface area contributed by atoms with Crippen LogP contribution in [0.25, 0.3) is 0 Å². The Morgan fingerprint density at radius 1 is 1.16 bits per heavy atom. The van der Waals surface area contributed by atoms with E-state index in [1.54, 1.807) is 32.9 Å². The van der Waals surface area contributed by atoms with Crippen molar-refractivity contribution in [2.24, 2.45) is 0 Å². The molecule has 7 nitrogen and oxygen atoms in total. The number of hydrogen-bond donors (Lipinski definition) is 3. The van der Waals surface area contributed by atoms with Crippen LogP contribution in [0.5, 0.6) is 5.75 Å². The number of carbonyl (C=O) groups is 3. The highest BCUT2D eigenvalue weighted by atomic mass is 16.5. The van der Waals surface area contributed by atoms with Gasteiger partial charge in [-0.25, -0.2) is 4.79 Å². The largest absolute Gasteiger partial charge is 0.481 e. The Morgan fingerprint density at radius 3 is 2.12 bits per heavy atom. The molecule has 1 rings (SSSR count). The fraction of sp³-hybridized carbons (Fsp3) is 0.500. The maximum Gasteiger partial charge on any atom is 0.341 e. The second-order valence-corrected chi connectivity index (χ2v) is 7.06. The molecule has 0 saturated heterocycles. The van der Waals surface area contributed by atoms with Crippen molar-refractivity contribution in [1.29, 1.82) is 0 Å². The standard InChI is InChI=1S/C18H26N2O5/c1-10-7-13(8-11(2)15(10)25-9-14(21)22)17(24)19-12(3)16(23)20-18(4,5)6/h7-8,12H,9H2,1-6H3,(H,19,24)(H,20,23)(H,21,22). The van der Waals surface area contributed by atoms with Crippen LogP contribution < -0.4 is 15.4 Å². The van der Waals surface area contributed by atoms with E-state index in [0.717, 1.165) is 0 Å². The van der Waals surface area contributed by atoms with E-state index in [9.17, 15) is 14.4 Å².